The summed E-state index contributed by atoms with van der Waals surface area (Å²) in [4.78, 5) is 30.0. The Bertz CT molecular complexity index is 1660. The molecule has 2 amide bonds. The Kier molecular flexibility index (Phi) is 12.0. The number of amides is 2. The Balaban J connectivity index is 1.77. The number of ether oxygens (including phenoxy) is 1. The van der Waals surface area contributed by atoms with Gasteiger partial charge in [0.05, 0.1) is 17.2 Å². The van der Waals surface area contributed by atoms with Crippen molar-refractivity contribution in [1.29, 1.82) is 0 Å². The molecule has 0 aliphatic carbocycles. The smallest absolute Gasteiger partial charge is 0.264 e. The average Bonchev–Trinajstić information content (AvgIpc) is 3.07. The molecule has 2 unspecified atom stereocenters. The molecular formula is C37H43N3O5S. The standard InChI is InChI=1S/C37H43N3O5S/c1-5-29(4)38-37(42)35(25-30-13-9-7-10-14-30)39(26-31-19-17-28(3)18-20-31)36(41)27-40(32-15-11-8-12-16-32)46(43,44)34-23-21-33(22-24-34)45-6-2/h7-24,29,35H,5-6,25-27H2,1-4H3,(H,38,42). The second kappa shape index (κ2) is 16.1. The maximum Gasteiger partial charge on any atom is 0.264 e. The molecule has 4 rings (SSSR count). The van der Waals surface area contributed by atoms with Gasteiger partial charge in [0.25, 0.3) is 10.0 Å². The highest BCUT2D eigenvalue weighted by Gasteiger charge is 2.35. The summed E-state index contributed by atoms with van der Waals surface area (Å²) in [5.74, 6) is -0.248. The number of hydrogen-bond acceptors (Lipinski definition) is 5. The number of hydrogen-bond donors (Lipinski definition) is 1. The van der Waals surface area contributed by atoms with Crippen LogP contribution in [0.3, 0.4) is 0 Å². The zero-order valence-electron chi connectivity index (χ0n) is 26.9. The summed E-state index contributed by atoms with van der Waals surface area (Å²) in [6.45, 7) is 7.80. The molecule has 0 aromatic heterocycles. The van der Waals surface area contributed by atoms with E-state index in [0.717, 1.165) is 27.4 Å². The van der Waals surface area contributed by atoms with Crippen LogP contribution in [0.5, 0.6) is 5.75 Å². The molecule has 0 saturated carbocycles. The first-order chi connectivity index (χ1) is 22.1. The number of para-hydroxylation sites is 1. The minimum atomic E-state index is -4.19. The molecular weight excluding hydrogens is 598 g/mol. The van der Waals surface area contributed by atoms with Gasteiger partial charge in [-0.15, -0.1) is 0 Å². The lowest BCUT2D eigenvalue weighted by Gasteiger charge is -2.34. The monoisotopic (exact) mass is 641 g/mol. The summed E-state index contributed by atoms with van der Waals surface area (Å²) in [6, 6.07) is 31.0. The Morgan fingerprint density at radius 2 is 1.41 bits per heavy atom. The highest BCUT2D eigenvalue weighted by Crippen LogP contribution is 2.26. The van der Waals surface area contributed by atoms with E-state index in [1.165, 1.54) is 17.0 Å². The van der Waals surface area contributed by atoms with Gasteiger partial charge in [0.1, 0.15) is 18.3 Å². The molecule has 0 saturated heterocycles. The van der Waals surface area contributed by atoms with Crippen LogP contribution in [0.15, 0.2) is 114 Å². The quantitative estimate of drug-likeness (QED) is 0.168. The van der Waals surface area contributed by atoms with E-state index in [-0.39, 0.29) is 29.8 Å². The van der Waals surface area contributed by atoms with E-state index in [9.17, 15) is 18.0 Å². The van der Waals surface area contributed by atoms with Gasteiger partial charge in [-0.1, -0.05) is 85.3 Å². The molecule has 9 heteroatoms. The number of nitrogens with one attached hydrogen (secondary N) is 1. The first-order valence-corrected chi connectivity index (χ1v) is 17.1. The first kappa shape index (κ1) is 34.2. The number of nitrogens with zero attached hydrogens (tertiary/aromatic N) is 2. The van der Waals surface area contributed by atoms with Crippen molar-refractivity contribution in [2.45, 2.75) is 64.1 Å². The first-order valence-electron chi connectivity index (χ1n) is 15.6. The highest BCUT2D eigenvalue weighted by atomic mass is 32.2. The molecule has 0 fully saturated rings. The fourth-order valence-corrected chi connectivity index (χ4v) is 6.42. The van der Waals surface area contributed by atoms with Gasteiger partial charge in [-0.05, 0) is 74.7 Å². The molecule has 0 heterocycles. The van der Waals surface area contributed by atoms with Gasteiger partial charge < -0.3 is 15.0 Å². The predicted octanol–water partition coefficient (Wildman–Crippen LogP) is 6.14. The second-order valence-corrected chi connectivity index (χ2v) is 13.1. The minimum Gasteiger partial charge on any atom is -0.494 e. The van der Waals surface area contributed by atoms with Gasteiger partial charge in [-0.25, -0.2) is 8.42 Å². The van der Waals surface area contributed by atoms with Gasteiger partial charge in [0, 0.05) is 19.0 Å². The predicted molar refractivity (Wildman–Crippen MR) is 182 cm³/mol. The molecule has 0 spiro atoms. The molecule has 0 aliphatic rings. The van der Waals surface area contributed by atoms with Gasteiger partial charge >= 0.3 is 0 Å². The normalized spacial score (nSPS) is 12.5. The fourth-order valence-electron chi connectivity index (χ4n) is 5.01. The van der Waals surface area contributed by atoms with E-state index >= 15 is 0 Å². The maximum absolute atomic E-state index is 14.5. The van der Waals surface area contributed by atoms with Crippen LogP contribution in [0.2, 0.25) is 0 Å². The van der Waals surface area contributed by atoms with Crippen molar-refractivity contribution in [3.8, 4) is 5.75 Å². The summed E-state index contributed by atoms with van der Waals surface area (Å²) in [5, 5.41) is 3.06. The van der Waals surface area contributed by atoms with Crippen molar-refractivity contribution in [2.75, 3.05) is 17.5 Å². The molecule has 0 bridgehead atoms. The Morgan fingerprint density at radius 1 is 0.804 bits per heavy atom. The number of carbonyl (C=O) groups excluding carboxylic acids is 2. The third-order valence-corrected chi connectivity index (χ3v) is 9.58. The SMILES string of the molecule is CCOc1ccc(S(=O)(=O)N(CC(=O)N(Cc2ccc(C)cc2)C(Cc2ccccc2)C(=O)NC(C)CC)c2ccccc2)cc1. The molecule has 2 atom stereocenters. The maximum atomic E-state index is 14.5. The second-order valence-electron chi connectivity index (χ2n) is 11.3. The van der Waals surface area contributed by atoms with Crippen molar-refractivity contribution in [3.63, 3.8) is 0 Å². The number of anilines is 1. The third kappa shape index (κ3) is 8.97. The van der Waals surface area contributed by atoms with Crippen molar-refractivity contribution in [2.24, 2.45) is 0 Å². The summed E-state index contributed by atoms with van der Waals surface area (Å²) in [5.41, 5.74) is 3.11. The number of benzene rings is 4. The van der Waals surface area contributed by atoms with Crippen molar-refractivity contribution >= 4 is 27.5 Å². The van der Waals surface area contributed by atoms with Crippen LogP contribution in [0.1, 0.15) is 43.9 Å². The highest BCUT2D eigenvalue weighted by molar-refractivity contribution is 7.92. The average molecular weight is 642 g/mol. The van der Waals surface area contributed by atoms with Crippen LogP contribution in [0, 0.1) is 6.92 Å². The summed E-state index contributed by atoms with van der Waals surface area (Å²) >= 11 is 0. The number of carbonyl (C=O) groups is 2. The molecule has 8 nitrogen and oxygen atoms in total. The van der Waals surface area contributed by atoms with Crippen LogP contribution >= 0.6 is 0 Å². The van der Waals surface area contributed by atoms with Crippen LogP contribution in [0.25, 0.3) is 0 Å². The van der Waals surface area contributed by atoms with Crippen molar-refractivity contribution in [1.82, 2.24) is 10.2 Å². The van der Waals surface area contributed by atoms with Crippen LogP contribution in [-0.4, -0.2) is 50.4 Å². The molecule has 46 heavy (non-hydrogen) atoms. The molecule has 1 N–H and O–H groups in total. The lowest BCUT2D eigenvalue weighted by Crippen LogP contribution is -2.54. The van der Waals surface area contributed by atoms with Crippen LogP contribution in [0.4, 0.5) is 5.69 Å². The fraction of sp³-hybridized carbons (Fsp3) is 0.297. The van der Waals surface area contributed by atoms with Crippen LogP contribution < -0.4 is 14.4 Å². The Morgan fingerprint density at radius 3 is 2.00 bits per heavy atom. The van der Waals surface area contributed by atoms with Gasteiger partial charge in [0.2, 0.25) is 11.8 Å². The van der Waals surface area contributed by atoms with Gasteiger partial charge in [0.15, 0.2) is 0 Å². The van der Waals surface area contributed by atoms with Crippen LogP contribution in [-0.2, 0) is 32.6 Å². The van der Waals surface area contributed by atoms with E-state index in [2.05, 4.69) is 5.32 Å². The summed E-state index contributed by atoms with van der Waals surface area (Å²) < 4.78 is 35.0. The van der Waals surface area contributed by atoms with Crippen molar-refractivity contribution < 1.29 is 22.7 Å². The van der Waals surface area contributed by atoms with Gasteiger partial charge in [-0.2, -0.15) is 0 Å². The lowest BCUT2D eigenvalue weighted by molar-refractivity contribution is -0.140. The number of sulfonamides is 1. The molecule has 4 aromatic rings. The largest absolute Gasteiger partial charge is 0.494 e. The molecule has 0 radical (unpaired) electrons. The van der Waals surface area contributed by atoms with E-state index in [1.807, 2.05) is 82.3 Å². The Hall–Kier alpha value is -4.63. The minimum absolute atomic E-state index is 0.0213. The summed E-state index contributed by atoms with van der Waals surface area (Å²) in [7, 11) is -4.19. The zero-order valence-corrected chi connectivity index (χ0v) is 27.7. The number of rotatable bonds is 15. The van der Waals surface area contributed by atoms with Gasteiger partial charge in [-0.3, -0.25) is 13.9 Å². The summed E-state index contributed by atoms with van der Waals surface area (Å²) in [6.07, 6.45) is 0.982. The zero-order chi connectivity index (χ0) is 33.1. The lowest BCUT2D eigenvalue weighted by atomic mass is 10.0. The topological polar surface area (TPSA) is 96.0 Å². The molecule has 242 valence electrons. The van der Waals surface area contributed by atoms with E-state index in [1.54, 1.807) is 42.5 Å². The Labute approximate surface area is 273 Å². The molecule has 4 aromatic carbocycles. The van der Waals surface area contributed by atoms with E-state index in [0.29, 0.717) is 18.0 Å². The van der Waals surface area contributed by atoms with E-state index in [4.69, 9.17) is 4.74 Å². The van der Waals surface area contributed by atoms with E-state index < -0.39 is 28.5 Å². The number of aryl methyl sites for hydroxylation is 1. The third-order valence-electron chi connectivity index (χ3n) is 7.79. The molecule has 0 aliphatic heterocycles. The van der Waals surface area contributed by atoms with Crippen molar-refractivity contribution in [3.05, 3.63) is 126 Å².